The highest BCUT2D eigenvalue weighted by atomic mass is 35.5. The maximum Gasteiger partial charge on any atom is 0.182 e. The zero-order valence-electron chi connectivity index (χ0n) is 19.3. The first kappa shape index (κ1) is 22.8. The average Bonchev–Trinajstić information content (AvgIpc) is 3.24. The number of nitrogen functional groups attached to an aromatic ring is 1. The number of rotatable bonds is 6. The summed E-state index contributed by atoms with van der Waals surface area (Å²) in [7, 11) is 1.80. The molecular weight excluding hydrogens is 463 g/mol. The normalized spacial score (nSPS) is 12.1. The maximum absolute atomic E-state index is 15.2. The van der Waals surface area contributed by atoms with Crippen LogP contribution < -0.4 is 11.1 Å². The molecule has 6 nitrogen and oxygen atoms in total. The number of nitrogens with one attached hydrogen (secondary N) is 1. The molecule has 176 valence electrons. The minimum atomic E-state index is -0.605. The molecule has 1 atom stereocenters. The molecule has 0 saturated carbocycles. The number of halogens is 2. The summed E-state index contributed by atoms with van der Waals surface area (Å²) < 4.78 is 16.9. The molecule has 0 aliphatic rings. The van der Waals surface area contributed by atoms with E-state index < -0.39 is 6.04 Å². The van der Waals surface area contributed by atoms with Gasteiger partial charge in [-0.1, -0.05) is 42.8 Å². The van der Waals surface area contributed by atoms with Crippen LogP contribution in [-0.2, 0) is 13.5 Å². The van der Waals surface area contributed by atoms with Crippen LogP contribution in [0.25, 0.3) is 22.2 Å². The molecule has 1 unspecified atom stereocenters. The average molecular weight is 487 g/mol. The van der Waals surface area contributed by atoms with E-state index in [1.54, 1.807) is 30.1 Å². The summed E-state index contributed by atoms with van der Waals surface area (Å²) in [5.41, 5.74) is 9.03. The third-order valence-electron chi connectivity index (χ3n) is 6.06. The van der Waals surface area contributed by atoms with Gasteiger partial charge in [0.25, 0.3) is 0 Å². The van der Waals surface area contributed by atoms with Crippen molar-refractivity contribution in [1.29, 1.82) is 0 Å². The molecule has 0 spiro atoms. The van der Waals surface area contributed by atoms with Crippen molar-refractivity contribution in [2.75, 3.05) is 11.1 Å². The fraction of sp³-hybridized carbons (Fsp3) is 0.148. The van der Waals surface area contributed by atoms with E-state index >= 15 is 4.39 Å². The van der Waals surface area contributed by atoms with Gasteiger partial charge in [-0.3, -0.25) is 4.68 Å². The van der Waals surface area contributed by atoms with Crippen LogP contribution in [-0.4, -0.2) is 19.7 Å². The number of hydrogen-bond donors (Lipinski definition) is 2. The number of nitrogens with zero attached hydrogens (tertiary/aromatic N) is 4. The second-order valence-electron chi connectivity index (χ2n) is 8.32. The molecule has 0 aliphatic heterocycles. The Morgan fingerprint density at radius 2 is 1.91 bits per heavy atom. The van der Waals surface area contributed by atoms with Gasteiger partial charge in [-0.15, -0.1) is 0 Å². The van der Waals surface area contributed by atoms with Crippen LogP contribution in [0.15, 0.2) is 72.9 Å². The van der Waals surface area contributed by atoms with Crippen LogP contribution in [0.1, 0.15) is 29.9 Å². The highest BCUT2D eigenvalue weighted by Gasteiger charge is 2.25. The van der Waals surface area contributed by atoms with Gasteiger partial charge >= 0.3 is 0 Å². The Labute approximate surface area is 207 Å². The molecule has 2 aromatic heterocycles. The van der Waals surface area contributed by atoms with Gasteiger partial charge < -0.3 is 11.1 Å². The molecule has 0 bridgehead atoms. The minimum Gasteiger partial charge on any atom is -0.383 e. The molecule has 2 heterocycles. The van der Waals surface area contributed by atoms with Crippen molar-refractivity contribution in [3.63, 3.8) is 0 Å². The van der Waals surface area contributed by atoms with Crippen molar-refractivity contribution < 1.29 is 4.39 Å². The summed E-state index contributed by atoms with van der Waals surface area (Å²) in [6, 6.07) is 19.6. The van der Waals surface area contributed by atoms with Crippen molar-refractivity contribution in [1.82, 2.24) is 19.7 Å². The largest absolute Gasteiger partial charge is 0.383 e. The molecule has 8 heteroatoms. The predicted molar refractivity (Wildman–Crippen MR) is 139 cm³/mol. The summed E-state index contributed by atoms with van der Waals surface area (Å²) >= 11 is 6.40. The van der Waals surface area contributed by atoms with Crippen LogP contribution in [0.4, 0.5) is 15.9 Å². The van der Waals surface area contributed by atoms with Gasteiger partial charge in [0.2, 0.25) is 0 Å². The monoisotopic (exact) mass is 486 g/mol. The number of pyridine rings is 1. The Morgan fingerprint density at radius 1 is 1.09 bits per heavy atom. The first-order valence-electron chi connectivity index (χ1n) is 11.3. The zero-order valence-corrected chi connectivity index (χ0v) is 20.1. The Kier molecular flexibility index (Phi) is 6.09. The fourth-order valence-electron chi connectivity index (χ4n) is 4.18. The molecule has 3 aromatic carbocycles. The van der Waals surface area contributed by atoms with E-state index in [9.17, 15) is 0 Å². The van der Waals surface area contributed by atoms with E-state index in [1.165, 1.54) is 6.07 Å². The van der Waals surface area contributed by atoms with Crippen LogP contribution in [0.2, 0.25) is 5.02 Å². The second-order valence-corrected chi connectivity index (χ2v) is 8.72. The Balaban J connectivity index is 1.64. The van der Waals surface area contributed by atoms with Crippen LogP contribution in [0.5, 0.6) is 0 Å². The van der Waals surface area contributed by atoms with Gasteiger partial charge in [-0.2, -0.15) is 5.10 Å². The molecule has 0 radical (unpaired) electrons. The molecule has 35 heavy (non-hydrogen) atoms. The lowest BCUT2D eigenvalue weighted by atomic mass is 10.0. The summed E-state index contributed by atoms with van der Waals surface area (Å²) in [6.07, 6.45) is 2.45. The minimum absolute atomic E-state index is 0.323. The lowest BCUT2D eigenvalue weighted by Crippen LogP contribution is -2.19. The Morgan fingerprint density at radius 3 is 2.71 bits per heavy atom. The van der Waals surface area contributed by atoms with Crippen molar-refractivity contribution in [3.8, 4) is 11.4 Å². The van der Waals surface area contributed by atoms with Gasteiger partial charge in [-0.25, -0.2) is 14.4 Å². The Bertz CT molecular complexity index is 1530. The van der Waals surface area contributed by atoms with Gasteiger partial charge in [0.1, 0.15) is 17.7 Å². The van der Waals surface area contributed by atoms with Crippen molar-refractivity contribution in [2.45, 2.75) is 19.4 Å². The highest BCUT2D eigenvalue weighted by molar-refractivity contribution is 6.33. The highest BCUT2D eigenvalue weighted by Crippen LogP contribution is 2.33. The molecule has 0 amide bonds. The number of aromatic nitrogens is 4. The summed E-state index contributed by atoms with van der Waals surface area (Å²) in [4.78, 5) is 8.94. The molecule has 0 aliphatic carbocycles. The van der Waals surface area contributed by atoms with E-state index in [-0.39, 0.29) is 5.82 Å². The zero-order chi connectivity index (χ0) is 24.5. The SMILES string of the molecule is CCc1ccc(F)c(C(Nc2ccc3c(N)nccc3c2)c2nc(-c3ccccc3Cl)nn2C)c1. The first-order valence-corrected chi connectivity index (χ1v) is 11.7. The molecule has 5 aromatic rings. The van der Waals surface area contributed by atoms with Crippen molar-refractivity contribution >= 4 is 33.9 Å². The topological polar surface area (TPSA) is 81.7 Å². The van der Waals surface area contributed by atoms with Crippen molar-refractivity contribution in [2.24, 2.45) is 7.05 Å². The predicted octanol–water partition coefficient (Wildman–Crippen LogP) is 6.17. The van der Waals surface area contributed by atoms with E-state index in [4.69, 9.17) is 22.3 Å². The second kappa shape index (κ2) is 9.35. The lowest BCUT2D eigenvalue weighted by Gasteiger charge is -2.21. The van der Waals surface area contributed by atoms with Gasteiger partial charge in [0, 0.05) is 35.4 Å². The van der Waals surface area contributed by atoms with E-state index in [0.29, 0.717) is 33.6 Å². The van der Waals surface area contributed by atoms with E-state index in [1.807, 2.05) is 55.5 Å². The van der Waals surface area contributed by atoms with E-state index in [0.717, 1.165) is 28.4 Å². The molecule has 0 fully saturated rings. The van der Waals surface area contributed by atoms with Crippen LogP contribution in [0, 0.1) is 5.82 Å². The molecule has 5 rings (SSSR count). The van der Waals surface area contributed by atoms with Gasteiger partial charge in [0.05, 0.1) is 5.02 Å². The number of hydrogen-bond acceptors (Lipinski definition) is 5. The van der Waals surface area contributed by atoms with Crippen LogP contribution >= 0.6 is 11.6 Å². The third-order valence-corrected chi connectivity index (χ3v) is 6.39. The van der Waals surface area contributed by atoms with Gasteiger partial charge in [-0.05, 0) is 59.8 Å². The number of nitrogens with two attached hydrogens (primary N) is 1. The summed E-state index contributed by atoms with van der Waals surface area (Å²) in [5, 5.41) is 10.4. The number of fused-ring (bicyclic) bond motifs is 1. The molecular formula is C27H24ClFN6. The molecule has 0 saturated heterocycles. The molecule has 3 N–H and O–H groups in total. The lowest BCUT2D eigenvalue weighted by molar-refractivity contribution is 0.590. The maximum atomic E-state index is 15.2. The summed E-state index contributed by atoms with van der Waals surface area (Å²) in [6.45, 7) is 2.04. The Hall–Kier alpha value is -3.97. The fourth-order valence-corrected chi connectivity index (χ4v) is 4.40. The van der Waals surface area contributed by atoms with Crippen LogP contribution in [0.3, 0.4) is 0 Å². The quantitative estimate of drug-likeness (QED) is 0.300. The van der Waals surface area contributed by atoms with Crippen molar-refractivity contribution in [3.05, 3.63) is 101 Å². The smallest absolute Gasteiger partial charge is 0.182 e. The standard InChI is InChI=1S/C27H24ClFN6/c1-3-16-8-11-23(29)21(14-16)24(32-18-9-10-19-17(15-18)12-13-31-25(19)30)27-33-26(34-35(27)2)20-6-4-5-7-22(20)28/h4-15,24,32H,3H2,1-2H3,(H2,30,31). The number of benzene rings is 3. The van der Waals surface area contributed by atoms with Gasteiger partial charge in [0.15, 0.2) is 11.6 Å². The number of anilines is 2. The summed E-state index contributed by atoms with van der Waals surface area (Å²) in [5.74, 6) is 1.17. The number of aryl methyl sites for hydroxylation is 2. The third kappa shape index (κ3) is 4.42. The first-order chi connectivity index (χ1) is 16.9. The van der Waals surface area contributed by atoms with E-state index in [2.05, 4.69) is 15.4 Å².